The molecule has 0 bridgehead atoms. The minimum atomic E-state index is -0.0903. The molecule has 1 aromatic heterocycles. The van der Waals surface area contributed by atoms with Crippen molar-refractivity contribution >= 4 is 12.0 Å². The molecule has 0 aliphatic rings. The van der Waals surface area contributed by atoms with Gasteiger partial charge in [-0.05, 0) is 42.7 Å². The van der Waals surface area contributed by atoms with E-state index >= 15 is 0 Å². The number of aromatic nitrogens is 2. The third-order valence-electron chi connectivity index (χ3n) is 3.17. The molecule has 1 heterocycles. The summed E-state index contributed by atoms with van der Waals surface area (Å²) in [6.45, 7) is 3.44. The van der Waals surface area contributed by atoms with E-state index in [1.54, 1.807) is 19.3 Å². The van der Waals surface area contributed by atoms with Gasteiger partial charge >= 0.3 is 0 Å². The Balaban J connectivity index is 1.69. The van der Waals surface area contributed by atoms with E-state index in [0.29, 0.717) is 6.54 Å². The van der Waals surface area contributed by atoms with Crippen LogP contribution < -0.4 is 10.1 Å². The van der Waals surface area contributed by atoms with Crippen LogP contribution in [0.4, 0.5) is 0 Å². The van der Waals surface area contributed by atoms with Crippen molar-refractivity contribution in [2.24, 2.45) is 0 Å². The molecule has 0 radical (unpaired) electrons. The first-order valence-electron chi connectivity index (χ1n) is 7.26. The number of amides is 1. The molecule has 1 aromatic carbocycles. The number of nitrogens with zero attached hydrogens (tertiary/aromatic N) is 2. The normalized spacial score (nSPS) is 10.8. The van der Waals surface area contributed by atoms with Crippen molar-refractivity contribution in [3.05, 3.63) is 53.9 Å². The van der Waals surface area contributed by atoms with E-state index in [-0.39, 0.29) is 5.91 Å². The Kier molecular flexibility index (Phi) is 5.77. The molecule has 0 fully saturated rings. The van der Waals surface area contributed by atoms with Crippen LogP contribution in [0.15, 0.2) is 42.7 Å². The second-order valence-corrected chi connectivity index (χ2v) is 5.03. The SMILES string of the molecule is COc1ccc(/C=C/C(=O)NCCCn2cc(C)cn2)cc1. The summed E-state index contributed by atoms with van der Waals surface area (Å²) in [6, 6.07) is 7.54. The predicted molar refractivity (Wildman–Crippen MR) is 86.6 cm³/mol. The van der Waals surface area contributed by atoms with Crippen LogP contribution in [0.1, 0.15) is 17.5 Å². The van der Waals surface area contributed by atoms with Crippen molar-refractivity contribution in [1.82, 2.24) is 15.1 Å². The van der Waals surface area contributed by atoms with Gasteiger partial charge in [0.1, 0.15) is 5.75 Å². The Bertz CT molecular complexity index is 630. The molecule has 1 amide bonds. The summed E-state index contributed by atoms with van der Waals surface area (Å²) in [4.78, 5) is 11.7. The Labute approximate surface area is 130 Å². The lowest BCUT2D eigenvalue weighted by atomic mass is 10.2. The summed E-state index contributed by atoms with van der Waals surface area (Å²) in [7, 11) is 1.63. The second kappa shape index (κ2) is 8.02. The highest BCUT2D eigenvalue weighted by molar-refractivity contribution is 5.91. The first kappa shape index (κ1) is 15.8. The minimum Gasteiger partial charge on any atom is -0.497 e. The van der Waals surface area contributed by atoms with Crippen LogP contribution in [-0.2, 0) is 11.3 Å². The molecule has 0 saturated carbocycles. The average Bonchev–Trinajstić information content (AvgIpc) is 2.95. The fourth-order valence-electron chi connectivity index (χ4n) is 1.99. The van der Waals surface area contributed by atoms with Crippen LogP contribution in [-0.4, -0.2) is 29.3 Å². The third kappa shape index (κ3) is 5.09. The standard InChI is InChI=1S/C17H21N3O2/c1-14-12-19-20(13-14)11-3-10-18-17(21)9-6-15-4-7-16(22-2)8-5-15/h4-9,12-13H,3,10-11H2,1-2H3,(H,18,21)/b9-6+. The van der Waals surface area contributed by atoms with E-state index in [1.807, 2.05) is 48.3 Å². The number of nitrogens with one attached hydrogen (secondary N) is 1. The number of aryl methyl sites for hydroxylation is 2. The largest absolute Gasteiger partial charge is 0.497 e. The van der Waals surface area contributed by atoms with E-state index < -0.39 is 0 Å². The molecule has 0 spiro atoms. The topological polar surface area (TPSA) is 56.1 Å². The Morgan fingerprint density at radius 3 is 2.77 bits per heavy atom. The van der Waals surface area contributed by atoms with Crippen LogP contribution in [0.2, 0.25) is 0 Å². The molecule has 0 saturated heterocycles. The van der Waals surface area contributed by atoms with Crippen molar-refractivity contribution in [2.75, 3.05) is 13.7 Å². The molecule has 0 atom stereocenters. The molecule has 1 N–H and O–H groups in total. The van der Waals surface area contributed by atoms with Gasteiger partial charge in [-0.3, -0.25) is 9.48 Å². The summed E-state index contributed by atoms with van der Waals surface area (Å²) in [6.07, 6.45) is 8.00. The summed E-state index contributed by atoms with van der Waals surface area (Å²) in [5, 5.41) is 7.06. The number of benzene rings is 1. The maximum Gasteiger partial charge on any atom is 0.244 e. The zero-order valence-electron chi connectivity index (χ0n) is 13.0. The zero-order valence-corrected chi connectivity index (χ0v) is 13.0. The molecule has 0 unspecified atom stereocenters. The molecule has 0 aliphatic carbocycles. The predicted octanol–water partition coefficient (Wildman–Crippen LogP) is 2.42. The molecule has 2 rings (SSSR count). The lowest BCUT2D eigenvalue weighted by Crippen LogP contribution is -2.23. The quantitative estimate of drug-likeness (QED) is 0.631. The van der Waals surface area contributed by atoms with Crippen LogP contribution in [0.25, 0.3) is 6.08 Å². The van der Waals surface area contributed by atoms with Crippen LogP contribution >= 0.6 is 0 Å². The number of methoxy groups -OCH3 is 1. The van der Waals surface area contributed by atoms with E-state index in [1.165, 1.54) is 0 Å². The third-order valence-corrected chi connectivity index (χ3v) is 3.17. The molecule has 5 heteroatoms. The van der Waals surface area contributed by atoms with E-state index in [4.69, 9.17) is 4.74 Å². The van der Waals surface area contributed by atoms with E-state index in [9.17, 15) is 4.79 Å². The average molecular weight is 299 g/mol. The van der Waals surface area contributed by atoms with E-state index in [0.717, 1.165) is 29.8 Å². The van der Waals surface area contributed by atoms with Crippen LogP contribution in [0.5, 0.6) is 5.75 Å². The van der Waals surface area contributed by atoms with Gasteiger partial charge in [-0.15, -0.1) is 0 Å². The molecule has 5 nitrogen and oxygen atoms in total. The van der Waals surface area contributed by atoms with Gasteiger partial charge in [0.05, 0.1) is 13.3 Å². The maximum atomic E-state index is 11.7. The van der Waals surface area contributed by atoms with Gasteiger partial charge in [0.15, 0.2) is 0 Å². The van der Waals surface area contributed by atoms with Gasteiger partial charge in [-0.2, -0.15) is 5.10 Å². The number of ether oxygens (including phenoxy) is 1. The fourth-order valence-corrected chi connectivity index (χ4v) is 1.99. The second-order valence-electron chi connectivity index (χ2n) is 5.03. The van der Waals surface area contributed by atoms with Crippen LogP contribution in [0.3, 0.4) is 0 Å². The smallest absolute Gasteiger partial charge is 0.244 e. The summed E-state index contributed by atoms with van der Waals surface area (Å²) in [5.74, 6) is 0.711. The van der Waals surface area contributed by atoms with Crippen molar-refractivity contribution in [2.45, 2.75) is 19.9 Å². The molecule has 116 valence electrons. The van der Waals surface area contributed by atoms with Crippen LogP contribution in [0, 0.1) is 6.92 Å². The monoisotopic (exact) mass is 299 g/mol. The number of hydrogen-bond donors (Lipinski definition) is 1. The van der Waals surface area contributed by atoms with Gasteiger partial charge in [-0.1, -0.05) is 12.1 Å². The molecule has 0 aliphatic heterocycles. The highest BCUT2D eigenvalue weighted by atomic mass is 16.5. The Morgan fingerprint density at radius 2 is 2.14 bits per heavy atom. The summed E-state index contributed by atoms with van der Waals surface area (Å²) in [5.41, 5.74) is 2.11. The van der Waals surface area contributed by atoms with Crippen molar-refractivity contribution in [3.8, 4) is 5.75 Å². The minimum absolute atomic E-state index is 0.0903. The molecule has 2 aromatic rings. The number of carbonyl (C=O) groups is 1. The summed E-state index contributed by atoms with van der Waals surface area (Å²) < 4.78 is 6.97. The molecular formula is C17H21N3O2. The fraction of sp³-hybridized carbons (Fsp3) is 0.294. The van der Waals surface area contributed by atoms with Gasteiger partial charge in [0.25, 0.3) is 0 Å². The van der Waals surface area contributed by atoms with Gasteiger partial charge in [0.2, 0.25) is 5.91 Å². The molecular weight excluding hydrogens is 278 g/mol. The van der Waals surface area contributed by atoms with Crippen molar-refractivity contribution in [3.63, 3.8) is 0 Å². The lowest BCUT2D eigenvalue weighted by Gasteiger charge is -2.03. The first-order chi connectivity index (χ1) is 10.7. The van der Waals surface area contributed by atoms with Gasteiger partial charge in [-0.25, -0.2) is 0 Å². The number of rotatable bonds is 7. The van der Waals surface area contributed by atoms with E-state index in [2.05, 4.69) is 10.4 Å². The Hall–Kier alpha value is -2.56. The Morgan fingerprint density at radius 1 is 1.36 bits per heavy atom. The highest BCUT2D eigenvalue weighted by Crippen LogP contribution is 2.12. The summed E-state index contributed by atoms with van der Waals surface area (Å²) >= 11 is 0. The number of hydrogen-bond acceptors (Lipinski definition) is 3. The molecule has 22 heavy (non-hydrogen) atoms. The lowest BCUT2D eigenvalue weighted by molar-refractivity contribution is -0.116. The highest BCUT2D eigenvalue weighted by Gasteiger charge is 1.97. The van der Waals surface area contributed by atoms with Gasteiger partial charge in [0, 0.05) is 25.4 Å². The zero-order chi connectivity index (χ0) is 15.8. The van der Waals surface area contributed by atoms with Crippen molar-refractivity contribution in [1.29, 1.82) is 0 Å². The van der Waals surface area contributed by atoms with Crippen molar-refractivity contribution < 1.29 is 9.53 Å². The maximum absolute atomic E-state index is 11.7. The first-order valence-corrected chi connectivity index (χ1v) is 7.26. The van der Waals surface area contributed by atoms with Gasteiger partial charge < -0.3 is 10.1 Å². The number of carbonyl (C=O) groups excluding carboxylic acids is 1.